The van der Waals surface area contributed by atoms with Gasteiger partial charge in [-0.2, -0.15) is 11.8 Å². The first-order valence-electron chi connectivity index (χ1n) is 7.06. The monoisotopic (exact) mass is 258 g/mol. The van der Waals surface area contributed by atoms with Gasteiger partial charge in [-0.05, 0) is 56.3 Å². The van der Waals surface area contributed by atoms with Crippen LogP contribution in [-0.4, -0.2) is 49.1 Å². The first kappa shape index (κ1) is 15.3. The lowest BCUT2D eigenvalue weighted by Gasteiger charge is -2.33. The number of rotatable bonds is 7. The molecule has 0 spiro atoms. The van der Waals surface area contributed by atoms with Crippen LogP contribution in [0.25, 0.3) is 0 Å². The van der Waals surface area contributed by atoms with Crippen molar-refractivity contribution in [2.75, 3.05) is 38.2 Å². The van der Waals surface area contributed by atoms with E-state index in [4.69, 9.17) is 0 Å². The number of hydrogen-bond donors (Lipinski definition) is 1. The smallest absolute Gasteiger partial charge is 0.00915 e. The number of nitrogens with one attached hydrogen (secondary N) is 1. The van der Waals surface area contributed by atoms with Gasteiger partial charge in [-0.1, -0.05) is 20.8 Å². The second-order valence-corrected chi connectivity index (χ2v) is 6.85. The molecule has 0 bridgehead atoms. The van der Waals surface area contributed by atoms with Crippen LogP contribution in [0, 0.1) is 11.8 Å². The van der Waals surface area contributed by atoms with Crippen LogP contribution in [0.4, 0.5) is 0 Å². The summed E-state index contributed by atoms with van der Waals surface area (Å²) < 4.78 is 0. The first-order valence-corrected chi connectivity index (χ1v) is 8.45. The zero-order chi connectivity index (χ0) is 12.7. The SMILES string of the molecule is CSCC(C)CNC1CCN(CC(C)C)CC1. The molecule has 1 unspecified atom stereocenters. The molecular formula is C14H30N2S. The second-order valence-electron chi connectivity index (χ2n) is 5.94. The van der Waals surface area contributed by atoms with E-state index >= 15 is 0 Å². The van der Waals surface area contributed by atoms with E-state index in [0.29, 0.717) is 0 Å². The number of piperidine rings is 1. The molecule has 0 saturated carbocycles. The molecule has 1 aliphatic heterocycles. The van der Waals surface area contributed by atoms with Gasteiger partial charge in [-0.3, -0.25) is 0 Å². The Bertz CT molecular complexity index is 189. The highest BCUT2D eigenvalue weighted by molar-refractivity contribution is 7.98. The molecule has 0 radical (unpaired) electrons. The molecule has 0 amide bonds. The minimum atomic E-state index is 0.766. The molecule has 2 nitrogen and oxygen atoms in total. The van der Waals surface area contributed by atoms with E-state index in [-0.39, 0.29) is 0 Å². The van der Waals surface area contributed by atoms with Gasteiger partial charge in [0.1, 0.15) is 0 Å². The number of hydrogen-bond acceptors (Lipinski definition) is 3. The molecule has 1 heterocycles. The van der Waals surface area contributed by atoms with Gasteiger partial charge in [-0.15, -0.1) is 0 Å². The van der Waals surface area contributed by atoms with E-state index in [1.807, 2.05) is 11.8 Å². The molecule has 1 saturated heterocycles. The van der Waals surface area contributed by atoms with Crippen LogP contribution in [0.5, 0.6) is 0 Å². The van der Waals surface area contributed by atoms with Gasteiger partial charge < -0.3 is 10.2 Å². The molecule has 0 aromatic rings. The standard InChI is InChI=1S/C14H30N2S/c1-12(2)10-16-7-5-14(6-8-16)15-9-13(3)11-17-4/h12-15H,5-11H2,1-4H3. The molecule has 1 aliphatic rings. The molecule has 0 aromatic heterocycles. The van der Waals surface area contributed by atoms with Gasteiger partial charge in [0.2, 0.25) is 0 Å². The number of thioether (sulfide) groups is 1. The average molecular weight is 258 g/mol. The van der Waals surface area contributed by atoms with E-state index in [9.17, 15) is 0 Å². The Morgan fingerprint density at radius 3 is 2.41 bits per heavy atom. The Morgan fingerprint density at radius 1 is 1.24 bits per heavy atom. The maximum atomic E-state index is 3.74. The minimum Gasteiger partial charge on any atom is -0.314 e. The van der Waals surface area contributed by atoms with E-state index in [1.165, 1.54) is 44.8 Å². The van der Waals surface area contributed by atoms with Gasteiger partial charge in [0.05, 0.1) is 0 Å². The molecule has 1 N–H and O–H groups in total. The Hall–Kier alpha value is 0.270. The summed E-state index contributed by atoms with van der Waals surface area (Å²) in [4.78, 5) is 2.62. The Balaban J connectivity index is 2.10. The molecule has 3 heteroatoms. The quantitative estimate of drug-likeness (QED) is 0.756. The third kappa shape index (κ3) is 6.68. The average Bonchev–Trinajstić information content (AvgIpc) is 2.28. The van der Waals surface area contributed by atoms with Crippen molar-refractivity contribution in [2.24, 2.45) is 11.8 Å². The van der Waals surface area contributed by atoms with Crippen molar-refractivity contribution in [3.05, 3.63) is 0 Å². The fraction of sp³-hybridized carbons (Fsp3) is 1.00. The summed E-state index contributed by atoms with van der Waals surface area (Å²) in [6, 6.07) is 0.766. The minimum absolute atomic E-state index is 0.766. The highest BCUT2D eigenvalue weighted by Crippen LogP contribution is 2.13. The fourth-order valence-electron chi connectivity index (χ4n) is 2.55. The van der Waals surface area contributed by atoms with Crippen LogP contribution >= 0.6 is 11.8 Å². The van der Waals surface area contributed by atoms with Crippen LogP contribution in [0.1, 0.15) is 33.6 Å². The van der Waals surface area contributed by atoms with Crippen molar-refractivity contribution in [3.8, 4) is 0 Å². The molecule has 1 atom stereocenters. The fourth-order valence-corrected chi connectivity index (χ4v) is 3.23. The van der Waals surface area contributed by atoms with Crippen molar-refractivity contribution in [2.45, 2.75) is 39.7 Å². The van der Waals surface area contributed by atoms with Gasteiger partial charge >= 0.3 is 0 Å². The normalized spacial score (nSPS) is 21.0. The van der Waals surface area contributed by atoms with Gasteiger partial charge in [0.15, 0.2) is 0 Å². The van der Waals surface area contributed by atoms with Gasteiger partial charge in [-0.25, -0.2) is 0 Å². The maximum Gasteiger partial charge on any atom is 0.00915 e. The highest BCUT2D eigenvalue weighted by atomic mass is 32.2. The van der Waals surface area contributed by atoms with E-state index in [2.05, 4.69) is 37.2 Å². The Kier molecular flexibility index (Phi) is 7.56. The summed E-state index contributed by atoms with van der Waals surface area (Å²) in [5.41, 5.74) is 0. The third-order valence-corrected chi connectivity index (χ3v) is 4.32. The van der Waals surface area contributed by atoms with Gasteiger partial charge in [0.25, 0.3) is 0 Å². The zero-order valence-electron chi connectivity index (χ0n) is 12.0. The number of likely N-dealkylation sites (tertiary alicyclic amines) is 1. The first-order chi connectivity index (χ1) is 8.11. The van der Waals surface area contributed by atoms with Crippen molar-refractivity contribution in [1.29, 1.82) is 0 Å². The molecule has 0 aromatic carbocycles. The molecule has 0 aliphatic carbocycles. The molecule has 1 rings (SSSR count). The summed E-state index contributed by atoms with van der Waals surface area (Å²) in [5, 5.41) is 3.74. The van der Waals surface area contributed by atoms with Crippen LogP contribution in [0.3, 0.4) is 0 Å². The topological polar surface area (TPSA) is 15.3 Å². The van der Waals surface area contributed by atoms with Crippen molar-refractivity contribution in [3.63, 3.8) is 0 Å². The lowest BCUT2D eigenvalue weighted by Crippen LogP contribution is -2.44. The van der Waals surface area contributed by atoms with Crippen molar-refractivity contribution < 1.29 is 0 Å². The van der Waals surface area contributed by atoms with Crippen LogP contribution in [0.15, 0.2) is 0 Å². The van der Waals surface area contributed by atoms with Crippen molar-refractivity contribution >= 4 is 11.8 Å². The third-order valence-electron chi connectivity index (χ3n) is 3.42. The molecule has 17 heavy (non-hydrogen) atoms. The van der Waals surface area contributed by atoms with E-state index in [1.54, 1.807) is 0 Å². The number of nitrogens with zero attached hydrogens (tertiary/aromatic N) is 1. The van der Waals surface area contributed by atoms with E-state index in [0.717, 1.165) is 17.9 Å². The second kappa shape index (κ2) is 8.39. The van der Waals surface area contributed by atoms with Crippen molar-refractivity contribution in [1.82, 2.24) is 10.2 Å². The predicted molar refractivity (Wildman–Crippen MR) is 79.8 cm³/mol. The summed E-state index contributed by atoms with van der Waals surface area (Å²) in [6.45, 7) is 12.0. The summed E-state index contributed by atoms with van der Waals surface area (Å²) in [7, 11) is 0. The molecule has 102 valence electrons. The molecular weight excluding hydrogens is 228 g/mol. The van der Waals surface area contributed by atoms with E-state index < -0.39 is 0 Å². The van der Waals surface area contributed by atoms with Crippen LogP contribution in [-0.2, 0) is 0 Å². The Labute approximate surface area is 112 Å². The lowest BCUT2D eigenvalue weighted by atomic mass is 10.0. The zero-order valence-corrected chi connectivity index (χ0v) is 12.9. The largest absolute Gasteiger partial charge is 0.314 e. The predicted octanol–water partition coefficient (Wildman–Crippen LogP) is 2.70. The summed E-state index contributed by atoms with van der Waals surface area (Å²) >= 11 is 1.96. The lowest BCUT2D eigenvalue weighted by molar-refractivity contribution is 0.178. The Morgan fingerprint density at radius 2 is 1.88 bits per heavy atom. The van der Waals surface area contributed by atoms with Gasteiger partial charge in [0, 0.05) is 12.6 Å². The summed E-state index contributed by atoms with van der Waals surface area (Å²) in [6.07, 6.45) is 4.86. The van der Waals surface area contributed by atoms with Crippen LogP contribution in [0.2, 0.25) is 0 Å². The highest BCUT2D eigenvalue weighted by Gasteiger charge is 2.19. The van der Waals surface area contributed by atoms with Crippen LogP contribution < -0.4 is 5.32 Å². The maximum absolute atomic E-state index is 3.74. The molecule has 1 fully saturated rings. The summed E-state index contributed by atoms with van der Waals surface area (Å²) in [5.74, 6) is 2.89.